The maximum atomic E-state index is 12.7. The van der Waals surface area contributed by atoms with Crippen molar-refractivity contribution in [2.75, 3.05) is 39.3 Å². The number of benzene rings is 1. The van der Waals surface area contributed by atoms with Gasteiger partial charge in [0.05, 0.1) is 5.60 Å². The SMILES string of the molecule is CCCCC1OC2(CCN(CCC3COc4ccccc4O3)CC2)CN(CC)C1=O. The highest BCUT2D eigenvalue weighted by molar-refractivity contribution is 5.81. The molecule has 2 fully saturated rings. The molecule has 6 nitrogen and oxygen atoms in total. The number of hydrogen-bond donors (Lipinski definition) is 0. The van der Waals surface area contributed by atoms with E-state index in [2.05, 4.69) is 18.7 Å². The van der Waals surface area contributed by atoms with E-state index in [0.717, 1.165) is 82.7 Å². The summed E-state index contributed by atoms with van der Waals surface area (Å²) in [5, 5.41) is 0. The van der Waals surface area contributed by atoms with E-state index in [4.69, 9.17) is 14.2 Å². The number of likely N-dealkylation sites (N-methyl/N-ethyl adjacent to an activating group) is 1. The van der Waals surface area contributed by atoms with E-state index in [1.54, 1.807) is 0 Å². The number of piperidine rings is 1. The van der Waals surface area contributed by atoms with Crippen LogP contribution in [-0.4, -0.2) is 72.8 Å². The van der Waals surface area contributed by atoms with Crippen LogP contribution < -0.4 is 9.47 Å². The maximum absolute atomic E-state index is 12.7. The summed E-state index contributed by atoms with van der Waals surface area (Å²) in [7, 11) is 0. The van der Waals surface area contributed by atoms with Crippen LogP contribution >= 0.6 is 0 Å². The molecule has 166 valence electrons. The fourth-order valence-corrected chi connectivity index (χ4v) is 4.85. The van der Waals surface area contributed by atoms with Crippen LogP contribution in [0.4, 0.5) is 0 Å². The summed E-state index contributed by atoms with van der Waals surface area (Å²) < 4.78 is 18.4. The lowest BCUT2D eigenvalue weighted by Gasteiger charge is -2.49. The molecule has 3 aliphatic rings. The Kier molecular flexibility index (Phi) is 6.84. The second-order valence-electron chi connectivity index (χ2n) is 8.91. The van der Waals surface area contributed by atoms with Gasteiger partial charge in [-0.3, -0.25) is 4.79 Å². The molecule has 0 radical (unpaired) electrons. The Labute approximate surface area is 180 Å². The van der Waals surface area contributed by atoms with Crippen molar-refractivity contribution in [2.45, 2.75) is 70.2 Å². The van der Waals surface area contributed by atoms with Gasteiger partial charge in [0.1, 0.15) is 18.8 Å². The standard InChI is InChI=1S/C24H36N2O4/c1-3-5-8-22-23(27)26(4-2)18-24(30-22)12-15-25(16-13-24)14-11-19-17-28-20-9-6-7-10-21(20)29-19/h6-7,9-10,19,22H,3-5,8,11-18H2,1-2H3. The highest BCUT2D eigenvalue weighted by atomic mass is 16.6. The third-order valence-electron chi connectivity index (χ3n) is 6.76. The molecule has 1 aromatic rings. The quantitative estimate of drug-likeness (QED) is 0.681. The van der Waals surface area contributed by atoms with Crippen LogP contribution in [-0.2, 0) is 9.53 Å². The minimum Gasteiger partial charge on any atom is -0.486 e. The molecule has 0 bridgehead atoms. The molecule has 0 aromatic heterocycles. The Morgan fingerprint density at radius 2 is 1.87 bits per heavy atom. The number of ether oxygens (including phenoxy) is 3. The number of morpholine rings is 1. The topological polar surface area (TPSA) is 51.2 Å². The van der Waals surface area contributed by atoms with E-state index >= 15 is 0 Å². The van der Waals surface area contributed by atoms with Gasteiger partial charge in [0.2, 0.25) is 0 Å². The second-order valence-corrected chi connectivity index (χ2v) is 8.91. The molecule has 4 rings (SSSR count). The van der Waals surface area contributed by atoms with E-state index in [1.165, 1.54) is 0 Å². The van der Waals surface area contributed by atoms with Gasteiger partial charge >= 0.3 is 0 Å². The minimum atomic E-state index is -0.252. The summed E-state index contributed by atoms with van der Waals surface area (Å²) >= 11 is 0. The predicted octanol–water partition coefficient (Wildman–Crippen LogP) is 3.49. The third-order valence-corrected chi connectivity index (χ3v) is 6.76. The van der Waals surface area contributed by atoms with Gasteiger partial charge in [-0.05, 0) is 38.3 Å². The summed E-state index contributed by atoms with van der Waals surface area (Å²) in [6.07, 6.45) is 5.78. The maximum Gasteiger partial charge on any atom is 0.251 e. The van der Waals surface area contributed by atoms with Crippen molar-refractivity contribution in [3.63, 3.8) is 0 Å². The summed E-state index contributed by atoms with van der Waals surface area (Å²) in [5.41, 5.74) is -0.164. The van der Waals surface area contributed by atoms with E-state index in [-0.39, 0.29) is 23.7 Å². The summed E-state index contributed by atoms with van der Waals surface area (Å²) in [6, 6.07) is 7.89. The molecule has 3 aliphatic heterocycles. The number of carbonyl (C=O) groups is 1. The molecule has 0 saturated carbocycles. The Balaban J connectivity index is 1.27. The van der Waals surface area contributed by atoms with Crippen molar-refractivity contribution < 1.29 is 19.0 Å². The first-order chi connectivity index (χ1) is 14.6. The number of likely N-dealkylation sites (tertiary alicyclic amines) is 1. The van der Waals surface area contributed by atoms with Crippen LogP contribution in [0.15, 0.2) is 24.3 Å². The molecule has 2 saturated heterocycles. The molecule has 6 heteroatoms. The molecule has 30 heavy (non-hydrogen) atoms. The molecule has 2 atom stereocenters. The highest BCUT2D eigenvalue weighted by Gasteiger charge is 2.45. The molecule has 2 unspecified atom stereocenters. The average Bonchev–Trinajstić information content (AvgIpc) is 2.79. The van der Waals surface area contributed by atoms with Gasteiger partial charge in [0, 0.05) is 39.1 Å². The minimum absolute atomic E-state index is 0.105. The lowest BCUT2D eigenvalue weighted by Crippen LogP contribution is -2.61. The van der Waals surface area contributed by atoms with Crippen LogP contribution in [0.25, 0.3) is 0 Å². The van der Waals surface area contributed by atoms with Crippen molar-refractivity contribution in [3.8, 4) is 11.5 Å². The number of amides is 1. The number of unbranched alkanes of at least 4 members (excludes halogenated alkanes) is 1. The third kappa shape index (κ3) is 4.75. The van der Waals surface area contributed by atoms with E-state index in [1.807, 2.05) is 29.2 Å². The normalized spacial score (nSPS) is 26.2. The lowest BCUT2D eigenvalue weighted by atomic mass is 9.87. The van der Waals surface area contributed by atoms with Crippen LogP contribution in [0.5, 0.6) is 11.5 Å². The van der Waals surface area contributed by atoms with Crippen LogP contribution in [0, 0.1) is 0 Å². The largest absolute Gasteiger partial charge is 0.486 e. The van der Waals surface area contributed by atoms with Crippen molar-refractivity contribution in [1.29, 1.82) is 0 Å². The number of hydrogen-bond acceptors (Lipinski definition) is 5. The zero-order valence-electron chi connectivity index (χ0n) is 18.5. The van der Waals surface area contributed by atoms with Gasteiger partial charge in [-0.2, -0.15) is 0 Å². The average molecular weight is 417 g/mol. The molecule has 1 spiro atoms. The Morgan fingerprint density at radius 3 is 2.60 bits per heavy atom. The van der Waals surface area contributed by atoms with Crippen molar-refractivity contribution in [3.05, 3.63) is 24.3 Å². The van der Waals surface area contributed by atoms with Gasteiger partial charge in [0.25, 0.3) is 5.91 Å². The molecule has 0 aliphatic carbocycles. The first kappa shape index (κ1) is 21.4. The van der Waals surface area contributed by atoms with Gasteiger partial charge in [-0.15, -0.1) is 0 Å². The number of nitrogens with zero attached hydrogens (tertiary/aromatic N) is 2. The molecular weight excluding hydrogens is 380 g/mol. The van der Waals surface area contributed by atoms with E-state index < -0.39 is 0 Å². The number of para-hydroxylation sites is 2. The predicted molar refractivity (Wildman–Crippen MR) is 116 cm³/mol. The first-order valence-electron chi connectivity index (χ1n) is 11.7. The van der Waals surface area contributed by atoms with E-state index in [9.17, 15) is 4.79 Å². The van der Waals surface area contributed by atoms with Crippen LogP contribution in [0.3, 0.4) is 0 Å². The number of fused-ring (bicyclic) bond motifs is 1. The second kappa shape index (κ2) is 9.56. The van der Waals surface area contributed by atoms with Crippen LogP contribution in [0.1, 0.15) is 52.4 Å². The number of rotatable bonds is 7. The fraction of sp³-hybridized carbons (Fsp3) is 0.708. The smallest absolute Gasteiger partial charge is 0.251 e. The van der Waals surface area contributed by atoms with Gasteiger partial charge in [0.15, 0.2) is 11.5 Å². The molecule has 1 amide bonds. The van der Waals surface area contributed by atoms with Crippen LogP contribution in [0.2, 0.25) is 0 Å². The zero-order chi connectivity index (χ0) is 21.0. The fourth-order valence-electron chi connectivity index (χ4n) is 4.85. The van der Waals surface area contributed by atoms with Gasteiger partial charge in [-0.25, -0.2) is 0 Å². The summed E-state index contributed by atoms with van der Waals surface area (Å²) in [5.74, 6) is 1.88. The van der Waals surface area contributed by atoms with E-state index in [0.29, 0.717) is 6.61 Å². The van der Waals surface area contributed by atoms with Crippen molar-refractivity contribution in [2.24, 2.45) is 0 Å². The summed E-state index contributed by atoms with van der Waals surface area (Å²) in [4.78, 5) is 17.2. The molecule has 0 N–H and O–H groups in total. The lowest BCUT2D eigenvalue weighted by molar-refractivity contribution is -0.193. The summed E-state index contributed by atoms with van der Waals surface area (Å²) in [6.45, 7) is 9.40. The molecule has 3 heterocycles. The van der Waals surface area contributed by atoms with Gasteiger partial charge in [-0.1, -0.05) is 31.9 Å². The first-order valence-corrected chi connectivity index (χ1v) is 11.7. The Bertz CT molecular complexity index is 717. The number of carbonyl (C=O) groups excluding carboxylic acids is 1. The Hall–Kier alpha value is -1.79. The highest BCUT2D eigenvalue weighted by Crippen LogP contribution is 2.35. The van der Waals surface area contributed by atoms with Crippen molar-refractivity contribution in [1.82, 2.24) is 9.80 Å². The monoisotopic (exact) mass is 416 g/mol. The van der Waals surface area contributed by atoms with Gasteiger partial charge < -0.3 is 24.0 Å². The zero-order valence-corrected chi connectivity index (χ0v) is 18.5. The van der Waals surface area contributed by atoms with Crippen molar-refractivity contribution >= 4 is 5.91 Å². The Morgan fingerprint density at radius 1 is 1.10 bits per heavy atom. The molecular formula is C24H36N2O4. The molecule has 1 aromatic carbocycles.